The molecule has 3 aromatic carbocycles. The van der Waals surface area contributed by atoms with Crippen molar-refractivity contribution in [3.63, 3.8) is 0 Å². The fourth-order valence-corrected chi connectivity index (χ4v) is 8.60. The average Bonchev–Trinajstić information content (AvgIpc) is 2.99. The maximum atomic E-state index is 14.1. The second kappa shape index (κ2) is 11.6. The van der Waals surface area contributed by atoms with Gasteiger partial charge >= 0.3 is 6.03 Å². The normalized spacial score (nSPS) is 26.4. The number of anilines is 1. The first-order valence-electron chi connectivity index (χ1n) is 15.6. The van der Waals surface area contributed by atoms with Crippen LogP contribution in [-0.4, -0.2) is 24.5 Å². The van der Waals surface area contributed by atoms with E-state index in [1.165, 1.54) is 62.3 Å². The quantitative estimate of drug-likeness (QED) is 0.205. The lowest BCUT2D eigenvalue weighted by Crippen LogP contribution is -2.54. The third kappa shape index (κ3) is 5.50. The summed E-state index contributed by atoms with van der Waals surface area (Å²) in [6.45, 7) is 2.00. The van der Waals surface area contributed by atoms with Crippen molar-refractivity contribution >= 4 is 41.2 Å². The molecule has 5 aliphatic rings. The lowest BCUT2D eigenvalue weighted by molar-refractivity contribution is -0.122. The molecule has 9 heteroatoms. The topological polar surface area (TPSA) is 84.9 Å². The lowest BCUT2D eigenvalue weighted by Gasteiger charge is -2.57. The van der Waals surface area contributed by atoms with E-state index in [-0.39, 0.29) is 40.7 Å². The summed E-state index contributed by atoms with van der Waals surface area (Å²) >= 11 is 6.56. The van der Waals surface area contributed by atoms with E-state index < -0.39 is 23.7 Å². The number of nitrogens with one attached hydrogen (secondary N) is 1. The summed E-state index contributed by atoms with van der Waals surface area (Å²) in [5, 5.41) is 2.45. The minimum atomic E-state index is -0.805. The molecule has 0 spiro atoms. The van der Waals surface area contributed by atoms with E-state index >= 15 is 0 Å². The third-order valence-electron chi connectivity index (χ3n) is 9.85. The number of ether oxygens (including phenoxy) is 2. The number of imide groups is 2. The first-order chi connectivity index (χ1) is 21.7. The van der Waals surface area contributed by atoms with E-state index in [9.17, 15) is 18.8 Å². The molecule has 0 radical (unpaired) electrons. The van der Waals surface area contributed by atoms with E-state index in [0.29, 0.717) is 16.8 Å². The van der Waals surface area contributed by atoms with Crippen molar-refractivity contribution in [2.24, 2.45) is 17.8 Å². The zero-order valence-corrected chi connectivity index (χ0v) is 25.7. The standard InChI is InChI=1S/C36H34ClFN2O5/c1-2-44-31-16-21(15-29(37)32(31)45-20-25-5-3-4-6-30(25)38)14-28-33(41)39-35(43)40(34(28)42)27-9-7-26(8-10-27)36-17-22-11-23(18-36)13-24(12-22)19-36/h3-10,14-16,22-24H,2,11-13,17-20H2,1H3,(H,39,41,43)/b28-14+. The van der Waals surface area contributed by atoms with Crippen LogP contribution < -0.4 is 19.7 Å². The molecular formula is C36H34ClFN2O5. The highest BCUT2D eigenvalue weighted by molar-refractivity contribution is 6.39. The fourth-order valence-electron chi connectivity index (χ4n) is 8.33. The Labute approximate surface area is 266 Å². The molecule has 4 bridgehead atoms. The zero-order valence-electron chi connectivity index (χ0n) is 25.0. The van der Waals surface area contributed by atoms with Crippen molar-refractivity contribution in [1.29, 1.82) is 0 Å². The first kappa shape index (κ1) is 29.5. The van der Waals surface area contributed by atoms with Crippen LogP contribution in [0, 0.1) is 23.6 Å². The van der Waals surface area contributed by atoms with Gasteiger partial charge in [0.05, 0.1) is 17.3 Å². The molecule has 8 rings (SSSR count). The second-order valence-electron chi connectivity index (χ2n) is 12.8. The molecule has 232 valence electrons. The number of benzene rings is 3. The molecule has 1 heterocycles. The minimum absolute atomic E-state index is 0.0769. The van der Waals surface area contributed by atoms with Gasteiger partial charge in [-0.2, -0.15) is 0 Å². The molecular weight excluding hydrogens is 595 g/mol. The van der Waals surface area contributed by atoms with Gasteiger partial charge in [0, 0.05) is 5.56 Å². The molecule has 1 N–H and O–H groups in total. The van der Waals surface area contributed by atoms with Gasteiger partial charge in [0.2, 0.25) is 0 Å². The van der Waals surface area contributed by atoms with E-state index in [1.807, 2.05) is 12.1 Å². The number of hydrogen-bond donors (Lipinski definition) is 1. The SMILES string of the molecule is CCOc1cc(/C=C2\C(=O)NC(=O)N(c3ccc(C45CC6CC(CC(C6)C4)C5)cc3)C2=O)cc(Cl)c1OCc1ccccc1F. The van der Waals surface area contributed by atoms with Crippen LogP contribution in [0.15, 0.2) is 66.2 Å². The van der Waals surface area contributed by atoms with Gasteiger partial charge in [-0.3, -0.25) is 14.9 Å². The van der Waals surface area contributed by atoms with E-state index in [4.69, 9.17) is 21.1 Å². The van der Waals surface area contributed by atoms with Gasteiger partial charge in [0.1, 0.15) is 18.0 Å². The van der Waals surface area contributed by atoms with Crippen LogP contribution in [0.25, 0.3) is 6.08 Å². The van der Waals surface area contributed by atoms with E-state index in [0.717, 1.165) is 22.7 Å². The third-order valence-corrected chi connectivity index (χ3v) is 10.1. The predicted octanol–water partition coefficient (Wildman–Crippen LogP) is 7.59. The van der Waals surface area contributed by atoms with Crippen LogP contribution in [-0.2, 0) is 21.6 Å². The van der Waals surface area contributed by atoms with Gasteiger partial charge in [-0.15, -0.1) is 0 Å². The monoisotopic (exact) mass is 628 g/mol. The van der Waals surface area contributed by atoms with Gasteiger partial charge in [-0.05, 0) is 116 Å². The number of halogens is 2. The molecule has 4 aliphatic carbocycles. The van der Waals surface area contributed by atoms with Crippen molar-refractivity contribution in [2.45, 2.75) is 57.5 Å². The smallest absolute Gasteiger partial charge is 0.335 e. The van der Waals surface area contributed by atoms with Crippen molar-refractivity contribution in [2.75, 3.05) is 11.5 Å². The number of carbonyl (C=O) groups excluding carboxylic acids is 3. The molecule has 7 nitrogen and oxygen atoms in total. The molecule has 3 aromatic rings. The summed E-state index contributed by atoms with van der Waals surface area (Å²) in [5.74, 6) is 0.927. The largest absolute Gasteiger partial charge is 0.490 e. The van der Waals surface area contributed by atoms with Crippen molar-refractivity contribution < 1.29 is 28.2 Å². The molecule has 0 atom stereocenters. The molecule has 4 saturated carbocycles. The summed E-state index contributed by atoms with van der Waals surface area (Å²) in [5.41, 5.74) is 2.38. The zero-order chi connectivity index (χ0) is 31.3. The summed E-state index contributed by atoms with van der Waals surface area (Å²) in [4.78, 5) is 40.5. The highest BCUT2D eigenvalue weighted by Gasteiger charge is 2.51. The number of carbonyl (C=O) groups is 3. The minimum Gasteiger partial charge on any atom is -0.490 e. The highest BCUT2D eigenvalue weighted by Crippen LogP contribution is 2.60. The first-order valence-corrected chi connectivity index (χ1v) is 16.0. The van der Waals surface area contributed by atoms with Crippen LogP contribution in [0.3, 0.4) is 0 Å². The second-order valence-corrected chi connectivity index (χ2v) is 13.3. The Morgan fingerprint density at radius 1 is 0.956 bits per heavy atom. The Morgan fingerprint density at radius 2 is 1.62 bits per heavy atom. The maximum Gasteiger partial charge on any atom is 0.335 e. The number of barbiturate groups is 1. The van der Waals surface area contributed by atoms with E-state index in [1.54, 1.807) is 31.2 Å². The summed E-state index contributed by atoms with van der Waals surface area (Å²) in [6.07, 6.45) is 9.05. The molecule has 5 fully saturated rings. The Hall–Kier alpha value is -4.17. The van der Waals surface area contributed by atoms with Crippen LogP contribution in [0.4, 0.5) is 14.9 Å². The van der Waals surface area contributed by atoms with Crippen molar-refractivity contribution in [3.8, 4) is 11.5 Å². The summed E-state index contributed by atoms with van der Waals surface area (Å²) in [6, 6.07) is 16.3. The number of urea groups is 1. The Bertz CT molecular complexity index is 1680. The number of nitrogens with zero attached hydrogens (tertiary/aromatic N) is 1. The summed E-state index contributed by atoms with van der Waals surface area (Å²) in [7, 11) is 0. The van der Waals surface area contributed by atoms with E-state index in [2.05, 4.69) is 17.4 Å². The van der Waals surface area contributed by atoms with Gasteiger partial charge in [-0.1, -0.05) is 41.9 Å². The molecule has 0 unspecified atom stereocenters. The Morgan fingerprint density at radius 3 is 2.27 bits per heavy atom. The number of rotatable bonds is 8. The number of hydrogen-bond acceptors (Lipinski definition) is 5. The molecule has 0 aromatic heterocycles. The molecule has 4 amide bonds. The van der Waals surface area contributed by atoms with Gasteiger partial charge in [0.25, 0.3) is 11.8 Å². The molecule has 1 aliphatic heterocycles. The fraction of sp³-hybridized carbons (Fsp3) is 0.361. The van der Waals surface area contributed by atoms with Crippen molar-refractivity contribution in [3.05, 3.63) is 93.8 Å². The van der Waals surface area contributed by atoms with Gasteiger partial charge in [0.15, 0.2) is 11.5 Å². The predicted molar refractivity (Wildman–Crippen MR) is 169 cm³/mol. The lowest BCUT2D eigenvalue weighted by atomic mass is 9.48. The van der Waals surface area contributed by atoms with Gasteiger partial charge < -0.3 is 9.47 Å². The van der Waals surface area contributed by atoms with Crippen LogP contribution >= 0.6 is 11.6 Å². The molecule has 45 heavy (non-hydrogen) atoms. The van der Waals surface area contributed by atoms with Crippen LogP contribution in [0.5, 0.6) is 11.5 Å². The molecule has 1 saturated heterocycles. The number of amides is 4. The van der Waals surface area contributed by atoms with Crippen molar-refractivity contribution in [1.82, 2.24) is 5.32 Å². The van der Waals surface area contributed by atoms with Gasteiger partial charge in [-0.25, -0.2) is 14.1 Å². The van der Waals surface area contributed by atoms with Crippen LogP contribution in [0.1, 0.15) is 62.1 Å². The maximum absolute atomic E-state index is 14.1. The highest BCUT2D eigenvalue weighted by atomic mass is 35.5. The average molecular weight is 629 g/mol. The van der Waals surface area contributed by atoms with Crippen LogP contribution in [0.2, 0.25) is 5.02 Å². The summed E-state index contributed by atoms with van der Waals surface area (Å²) < 4.78 is 25.7. The Kier molecular flexibility index (Phi) is 7.64. The Balaban J connectivity index is 1.14.